The van der Waals surface area contributed by atoms with Crippen molar-refractivity contribution in [3.63, 3.8) is 0 Å². The standard InChI is InChI=1S/C16H24N2O/c1-12(13-8-10-15(19-2)11-9-13)18-16(17)14-6-4-3-5-7-14/h8-12,14H,3-7H2,1-2H3,(H2,17,18). The van der Waals surface area contributed by atoms with Crippen LogP contribution in [0.3, 0.4) is 0 Å². The highest BCUT2D eigenvalue weighted by Crippen LogP contribution is 2.26. The van der Waals surface area contributed by atoms with Crippen molar-refractivity contribution in [3.05, 3.63) is 29.8 Å². The van der Waals surface area contributed by atoms with E-state index in [0.717, 1.165) is 11.6 Å². The van der Waals surface area contributed by atoms with Gasteiger partial charge < -0.3 is 10.5 Å². The summed E-state index contributed by atoms with van der Waals surface area (Å²) in [6, 6.07) is 8.17. The average Bonchev–Trinajstić information content (AvgIpc) is 2.48. The molecule has 1 aliphatic carbocycles. The highest BCUT2D eigenvalue weighted by Gasteiger charge is 2.17. The van der Waals surface area contributed by atoms with Gasteiger partial charge >= 0.3 is 0 Å². The number of aliphatic imine (C=N–C) groups is 1. The molecule has 3 heteroatoms. The Morgan fingerprint density at radius 2 is 1.84 bits per heavy atom. The fourth-order valence-electron chi connectivity index (χ4n) is 2.68. The number of hydrogen-bond donors (Lipinski definition) is 1. The van der Waals surface area contributed by atoms with E-state index in [2.05, 4.69) is 24.0 Å². The van der Waals surface area contributed by atoms with Crippen molar-refractivity contribution in [2.45, 2.75) is 45.1 Å². The Hall–Kier alpha value is -1.51. The van der Waals surface area contributed by atoms with Gasteiger partial charge in [-0.2, -0.15) is 0 Å². The molecule has 19 heavy (non-hydrogen) atoms. The normalized spacial score (nSPS) is 19.2. The molecule has 104 valence electrons. The maximum atomic E-state index is 6.17. The van der Waals surface area contributed by atoms with Gasteiger partial charge in [-0.05, 0) is 37.5 Å². The minimum atomic E-state index is 0.118. The number of amidine groups is 1. The smallest absolute Gasteiger partial charge is 0.118 e. The highest BCUT2D eigenvalue weighted by molar-refractivity contribution is 5.83. The van der Waals surface area contributed by atoms with Crippen LogP contribution in [-0.2, 0) is 0 Å². The third kappa shape index (κ3) is 3.72. The number of benzene rings is 1. The quantitative estimate of drug-likeness (QED) is 0.663. The van der Waals surface area contributed by atoms with Crippen LogP contribution in [0.5, 0.6) is 5.75 Å². The van der Waals surface area contributed by atoms with Gasteiger partial charge in [0.1, 0.15) is 5.75 Å². The first-order chi connectivity index (χ1) is 9.20. The van der Waals surface area contributed by atoms with Crippen molar-refractivity contribution in [2.75, 3.05) is 7.11 Å². The zero-order valence-corrected chi connectivity index (χ0v) is 11.9. The summed E-state index contributed by atoms with van der Waals surface area (Å²) in [5.41, 5.74) is 7.35. The summed E-state index contributed by atoms with van der Waals surface area (Å²) in [4.78, 5) is 4.68. The monoisotopic (exact) mass is 260 g/mol. The summed E-state index contributed by atoms with van der Waals surface area (Å²) in [7, 11) is 1.68. The fraction of sp³-hybridized carbons (Fsp3) is 0.562. The molecule has 1 aliphatic rings. The summed E-state index contributed by atoms with van der Waals surface area (Å²) in [5.74, 6) is 2.21. The molecule has 3 nitrogen and oxygen atoms in total. The average molecular weight is 260 g/mol. The Morgan fingerprint density at radius 3 is 2.42 bits per heavy atom. The first-order valence-corrected chi connectivity index (χ1v) is 7.18. The lowest BCUT2D eigenvalue weighted by Crippen LogP contribution is -2.26. The van der Waals surface area contributed by atoms with E-state index in [1.54, 1.807) is 7.11 Å². The molecule has 1 unspecified atom stereocenters. The van der Waals surface area contributed by atoms with Gasteiger partial charge in [-0.3, -0.25) is 4.99 Å². The number of hydrogen-bond acceptors (Lipinski definition) is 2. The Kier molecular flexibility index (Phi) is 4.83. The lowest BCUT2D eigenvalue weighted by Gasteiger charge is -2.22. The van der Waals surface area contributed by atoms with Gasteiger partial charge in [-0.1, -0.05) is 31.4 Å². The first-order valence-electron chi connectivity index (χ1n) is 7.18. The molecule has 0 spiro atoms. The Labute approximate surface area is 115 Å². The molecular formula is C16H24N2O. The number of ether oxygens (including phenoxy) is 1. The molecule has 1 aromatic carbocycles. The zero-order valence-electron chi connectivity index (χ0n) is 11.9. The van der Waals surface area contributed by atoms with Crippen molar-refractivity contribution in [1.29, 1.82) is 0 Å². The van der Waals surface area contributed by atoms with E-state index < -0.39 is 0 Å². The molecule has 0 saturated heterocycles. The van der Waals surface area contributed by atoms with Crippen molar-refractivity contribution in [2.24, 2.45) is 16.6 Å². The summed E-state index contributed by atoms with van der Waals surface area (Å²) < 4.78 is 5.16. The van der Waals surface area contributed by atoms with Gasteiger partial charge in [-0.15, -0.1) is 0 Å². The molecule has 0 bridgehead atoms. The largest absolute Gasteiger partial charge is 0.497 e. The van der Waals surface area contributed by atoms with Crippen LogP contribution in [-0.4, -0.2) is 12.9 Å². The van der Waals surface area contributed by atoms with Gasteiger partial charge in [0.25, 0.3) is 0 Å². The molecule has 0 amide bonds. The Balaban J connectivity index is 2.03. The topological polar surface area (TPSA) is 47.6 Å². The van der Waals surface area contributed by atoms with E-state index in [-0.39, 0.29) is 6.04 Å². The molecule has 1 saturated carbocycles. The van der Waals surface area contributed by atoms with E-state index in [1.165, 1.54) is 37.7 Å². The fourth-order valence-corrected chi connectivity index (χ4v) is 2.68. The lowest BCUT2D eigenvalue weighted by molar-refractivity contribution is 0.414. The molecule has 2 N–H and O–H groups in total. The van der Waals surface area contributed by atoms with Crippen molar-refractivity contribution in [3.8, 4) is 5.75 Å². The molecule has 0 aliphatic heterocycles. The summed E-state index contributed by atoms with van der Waals surface area (Å²) in [6.45, 7) is 2.09. The maximum Gasteiger partial charge on any atom is 0.118 e. The molecule has 1 aromatic rings. The molecule has 2 rings (SSSR count). The SMILES string of the molecule is COc1ccc(C(C)N=C(N)C2CCCCC2)cc1. The highest BCUT2D eigenvalue weighted by atomic mass is 16.5. The Bertz CT molecular complexity index is 419. The Morgan fingerprint density at radius 1 is 1.21 bits per heavy atom. The first kappa shape index (κ1) is 13.9. The van der Waals surface area contributed by atoms with Gasteiger partial charge in [-0.25, -0.2) is 0 Å². The second-order valence-electron chi connectivity index (χ2n) is 5.34. The van der Waals surface area contributed by atoms with E-state index in [1.807, 2.05) is 12.1 Å². The molecular weight excluding hydrogens is 236 g/mol. The molecule has 0 radical (unpaired) electrons. The minimum absolute atomic E-state index is 0.118. The second-order valence-corrected chi connectivity index (χ2v) is 5.34. The maximum absolute atomic E-state index is 6.17. The number of nitrogens with zero attached hydrogens (tertiary/aromatic N) is 1. The van der Waals surface area contributed by atoms with Crippen LogP contribution in [0.1, 0.15) is 50.6 Å². The second kappa shape index (κ2) is 6.60. The van der Waals surface area contributed by atoms with Gasteiger partial charge in [0.2, 0.25) is 0 Å². The van der Waals surface area contributed by atoms with E-state index in [0.29, 0.717) is 5.92 Å². The van der Waals surface area contributed by atoms with Crippen LogP contribution in [0.2, 0.25) is 0 Å². The number of methoxy groups -OCH3 is 1. The van der Waals surface area contributed by atoms with Gasteiger partial charge in [0.15, 0.2) is 0 Å². The van der Waals surface area contributed by atoms with Crippen LogP contribution < -0.4 is 10.5 Å². The third-order valence-electron chi connectivity index (χ3n) is 3.96. The van der Waals surface area contributed by atoms with E-state index in [9.17, 15) is 0 Å². The molecule has 1 atom stereocenters. The van der Waals surface area contributed by atoms with E-state index >= 15 is 0 Å². The lowest BCUT2D eigenvalue weighted by atomic mass is 9.88. The molecule has 0 aromatic heterocycles. The summed E-state index contributed by atoms with van der Waals surface area (Å²) in [5, 5.41) is 0. The van der Waals surface area contributed by atoms with Gasteiger partial charge in [0.05, 0.1) is 19.0 Å². The summed E-state index contributed by atoms with van der Waals surface area (Å²) in [6.07, 6.45) is 6.32. The molecule has 1 fully saturated rings. The zero-order chi connectivity index (χ0) is 13.7. The summed E-state index contributed by atoms with van der Waals surface area (Å²) >= 11 is 0. The minimum Gasteiger partial charge on any atom is -0.497 e. The van der Waals surface area contributed by atoms with Crippen molar-refractivity contribution >= 4 is 5.84 Å². The predicted molar refractivity (Wildman–Crippen MR) is 79.6 cm³/mol. The number of nitrogens with two attached hydrogens (primary N) is 1. The van der Waals surface area contributed by atoms with Crippen LogP contribution in [0.4, 0.5) is 0 Å². The van der Waals surface area contributed by atoms with Crippen LogP contribution in [0.15, 0.2) is 29.3 Å². The van der Waals surface area contributed by atoms with Crippen LogP contribution >= 0.6 is 0 Å². The van der Waals surface area contributed by atoms with Crippen molar-refractivity contribution in [1.82, 2.24) is 0 Å². The van der Waals surface area contributed by atoms with Gasteiger partial charge in [0, 0.05) is 5.92 Å². The van der Waals surface area contributed by atoms with Crippen LogP contribution in [0.25, 0.3) is 0 Å². The third-order valence-corrected chi connectivity index (χ3v) is 3.96. The van der Waals surface area contributed by atoms with Crippen molar-refractivity contribution < 1.29 is 4.74 Å². The molecule has 0 heterocycles. The number of rotatable bonds is 4. The van der Waals surface area contributed by atoms with E-state index in [4.69, 9.17) is 10.5 Å². The van der Waals surface area contributed by atoms with Crippen LogP contribution in [0, 0.1) is 5.92 Å². The predicted octanol–water partition coefficient (Wildman–Crippen LogP) is 3.69.